The lowest BCUT2D eigenvalue weighted by molar-refractivity contribution is 0.0883. The summed E-state index contributed by atoms with van der Waals surface area (Å²) in [5.41, 5.74) is 10.8. The summed E-state index contributed by atoms with van der Waals surface area (Å²) < 4.78 is 5.01. The minimum absolute atomic E-state index is 0.239. The number of benzene rings is 1. The Kier molecular flexibility index (Phi) is 4.04. The van der Waals surface area contributed by atoms with Crippen LogP contribution in [0.25, 0.3) is 0 Å². The fraction of sp³-hybridized carbons (Fsp3) is 0.417. The minimum Gasteiger partial charge on any atom is -0.497 e. The molecule has 0 atom stereocenters. The Bertz CT molecular complexity index is 358. The summed E-state index contributed by atoms with van der Waals surface area (Å²) in [5, 5.41) is 0. The number of rotatable bonds is 5. The summed E-state index contributed by atoms with van der Waals surface area (Å²) in [6.07, 6.45) is 1.24. The van der Waals surface area contributed by atoms with E-state index in [-0.39, 0.29) is 5.78 Å². The van der Waals surface area contributed by atoms with Gasteiger partial charge < -0.3 is 16.2 Å². The van der Waals surface area contributed by atoms with Gasteiger partial charge in [-0.05, 0) is 30.7 Å². The summed E-state index contributed by atoms with van der Waals surface area (Å²) in [6.45, 7) is 1.94. The number of nitrogens with two attached hydrogens (primary N) is 2. The van der Waals surface area contributed by atoms with E-state index < -0.39 is 5.66 Å². The molecule has 1 rings (SSSR count). The maximum Gasteiger partial charge on any atom is 0.196 e. The lowest BCUT2D eigenvalue weighted by Gasteiger charge is -2.22. The predicted octanol–water partition coefficient (Wildman–Crippen LogP) is 1.29. The highest BCUT2D eigenvalue weighted by molar-refractivity contribution is 6.02. The van der Waals surface area contributed by atoms with Gasteiger partial charge in [0.15, 0.2) is 5.78 Å². The molecule has 4 heteroatoms. The van der Waals surface area contributed by atoms with Crippen molar-refractivity contribution in [3.63, 3.8) is 0 Å². The zero-order valence-electron chi connectivity index (χ0n) is 9.69. The third-order valence-corrected chi connectivity index (χ3v) is 2.44. The highest BCUT2D eigenvalue weighted by atomic mass is 16.5. The third-order valence-electron chi connectivity index (χ3n) is 2.44. The normalized spacial score (nSPS) is 11.2. The molecule has 1 aromatic carbocycles. The Labute approximate surface area is 95.6 Å². The van der Waals surface area contributed by atoms with Crippen molar-refractivity contribution in [1.29, 1.82) is 0 Å². The van der Waals surface area contributed by atoms with E-state index >= 15 is 0 Å². The number of hydrogen-bond acceptors (Lipinski definition) is 4. The van der Waals surface area contributed by atoms with Gasteiger partial charge in [-0.2, -0.15) is 0 Å². The molecule has 1 aromatic rings. The average molecular weight is 222 g/mol. The molecule has 0 radical (unpaired) electrons. The van der Waals surface area contributed by atoms with Crippen molar-refractivity contribution in [3.8, 4) is 5.75 Å². The van der Waals surface area contributed by atoms with Crippen molar-refractivity contribution in [2.45, 2.75) is 25.4 Å². The van der Waals surface area contributed by atoms with E-state index in [9.17, 15) is 4.79 Å². The van der Waals surface area contributed by atoms with E-state index in [0.717, 1.165) is 6.42 Å². The Morgan fingerprint density at radius 2 is 1.88 bits per heavy atom. The molecule has 0 aliphatic heterocycles. The number of Topliss-reactive ketones (excluding diaryl/α,β-unsaturated/α-hetero) is 1. The molecule has 0 amide bonds. The first-order chi connectivity index (χ1) is 7.51. The van der Waals surface area contributed by atoms with Crippen LogP contribution in [0.1, 0.15) is 30.1 Å². The van der Waals surface area contributed by atoms with E-state index in [1.54, 1.807) is 31.4 Å². The molecule has 0 aromatic heterocycles. The van der Waals surface area contributed by atoms with Crippen molar-refractivity contribution in [1.82, 2.24) is 0 Å². The van der Waals surface area contributed by atoms with Gasteiger partial charge in [0.25, 0.3) is 0 Å². The molecule has 0 fully saturated rings. The van der Waals surface area contributed by atoms with Gasteiger partial charge in [-0.1, -0.05) is 13.3 Å². The van der Waals surface area contributed by atoms with Gasteiger partial charge >= 0.3 is 0 Å². The second kappa shape index (κ2) is 5.09. The monoisotopic (exact) mass is 222 g/mol. The van der Waals surface area contributed by atoms with Crippen LogP contribution in [0.4, 0.5) is 0 Å². The highest BCUT2D eigenvalue weighted by Crippen LogP contribution is 2.16. The predicted molar refractivity (Wildman–Crippen MR) is 63.3 cm³/mol. The minimum atomic E-state index is -1.27. The first-order valence-electron chi connectivity index (χ1n) is 5.28. The summed E-state index contributed by atoms with van der Waals surface area (Å²) >= 11 is 0. The van der Waals surface area contributed by atoms with E-state index in [4.69, 9.17) is 16.2 Å². The maximum atomic E-state index is 12.0. The lowest BCUT2D eigenvalue weighted by Crippen LogP contribution is -2.56. The SMILES string of the molecule is CCCC(N)(N)C(=O)c1ccc(OC)cc1. The number of ketones is 1. The quantitative estimate of drug-likeness (QED) is 0.581. The Balaban J connectivity index is 2.87. The molecule has 0 saturated heterocycles. The van der Waals surface area contributed by atoms with Crippen molar-refractivity contribution in [3.05, 3.63) is 29.8 Å². The summed E-state index contributed by atoms with van der Waals surface area (Å²) in [6, 6.07) is 6.78. The number of methoxy groups -OCH3 is 1. The largest absolute Gasteiger partial charge is 0.497 e. The van der Waals surface area contributed by atoms with Gasteiger partial charge in [-0.25, -0.2) is 0 Å². The molecule has 4 N–H and O–H groups in total. The Morgan fingerprint density at radius 3 is 2.31 bits per heavy atom. The van der Waals surface area contributed by atoms with Crippen LogP contribution < -0.4 is 16.2 Å². The molecule has 88 valence electrons. The fourth-order valence-corrected chi connectivity index (χ4v) is 1.54. The zero-order valence-corrected chi connectivity index (χ0v) is 9.69. The van der Waals surface area contributed by atoms with Crippen LogP contribution in [0.5, 0.6) is 5.75 Å². The number of carbonyl (C=O) groups excluding carboxylic acids is 1. The number of carbonyl (C=O) groups is 1. The smallest absolute Gasteiger partial charge is 0.196 e. The molecule has 16 heavy (non-hydrogen) atoms. The Hall–Kier alpha value is -1.39. The average Bonchev–Trinajstić information content (AvgIpc) is 2.28. The second-order valence-corrected chi connectivity index (χ2v) is 3.85. The third kappa shape index (κ3) is 2.81. The zero-order chi connectivity index (χ0) is 12.2. The standard InChI is InChI=1S/C12H18N2O2/c1-3-8-12(13,14)11(15)9-4-6-10(16-2)7-5-9/h4-7H,3,8,13-14H2,1-2H3. The van der Waals surface area contributed by atoms with Crippen LogP contribution >= 0.6 is 0 Å². The Morgan fingerprint density at radius 1 is 1.31 bits per heavy atom. The van der Waals surface area contributed by atoms with Gasteiger partial charge in [0.05, 0.1) is 7.11 Å². The number of ether oxygens (including phenoxy) is 1. The van der Waals surface area contributed by atoms with Crippen molar-refractivity contribution in [2.24, 2.45) is 11.5 Å². The molecular formula is C12H18N2O2. The van der Waals surface area contributed by atoms with E-state index in [1.165, 1.54) is 0 Å². The molecule has 4 nitrogen and oxygen atoms in total. The highest BCUT2D eigenvalue weighted by Gasteiger charge is 2.28. The van der Waals surface area contributed by atoms with Gasteiger partial charge in [0.1, 0.15) is 11.4 Å². The van der Waals surface area contributed by atoms with Crippen molar-refractivity contribution < 1.29 is 9.53 Å². The molecule has 0 unspecified atom stereocenters. The molecule has 0 aliphatic carbocycles. The van der Waals surface area contributed by atoms with Crippen LogP contribution in [0.2, 0.25) is 0 Å². The van der Waals surface area contributed by atoms with Crippen LogP contribution in [-0.4, -0.2) is 18.6 Å². The van der Waals surface area contributed by atoms with Crippen molar-refractivity contribution >= 4 is 5.78 Å². The molecule has 0 aliphatic rings. The lowest BCUT2D eigenvalue weighted by atomic mass is 9.95. The first-order valence-corrected chi connectivity index (χ1v) is 5.28. The van der Waals surface area contributed by atoms with Crippen molar-refractivity contribution in [2.75, 3.05) is 7.11 Å². The van der Waals surface area contributed by atoms with Crippen LogP contribution in [0.15, 0.2) is 24.3 Å². The first kappa shape index (κ1) is 12.7. The van der Waals surface area contributed by atoms with Crippen LogP contribution in [-0.2, 0) is 0 Å². The molecule has 0 spiro atoms. The fourth-order valence-electron chi connectivity index (χ4n) is 1.54. The summed E-state index contributed by atoms with van der Waals surface area (Å²) in [4.78, 5) is 12.0. The van der Waals surface area contributed by atoms with E-state index in [1.807, 2.05) is 6.92 Å². The number of hydrogen-bond donors (Lipinski definition) is 2. The summed E-state index contributed by atoms with van der Waals surface area (Å²) in [7, 11) is 1.57. The van der Waals surface area contributed by atoms with Gasteiger partial charge in [-0.3, -0.25) is 4.79 Å². The maximum absolute atomic E-state index is 12.0. The topological polar surface area (TPSA) is 78.3 Å². The second-order valence-electron chi connectivity index (χ2n) is 3.85. The van der Waals surface area contributed by atoms with Crippen LogP contribution in [0, 0.1) is 0 Å². The molecule has 0 heterocycles. The summed E-state index contributed by atoms with van der Waals surface area (Å²) in [5.74, 6) is 0.462. The van der Waals surface area contributed by atoms with Gasteiger partial charge in [0, 0.05) is 5.56 Å². The molecule has 0 saturated carbocycles. The van der Waals surface area contributed by atoms with Gasteiger partial charge in [-0.15, -0.1) is 0 Å². The molecular weight excluding hydrogens is 204 g/mol. The van der Waals surface area contributed by atoms with Crippen LogP contribution in [0.3, 0.4) is 0 Å². The van der Waals surface area contributed by atoms with E-state index in [2.05, 4.69) is 0 Å². The van der Waals surface area contributed by atoms with Gasteiger partial charge in [0.2, 0.25) is 0 Å². The van der Waals surface area contributed by atoms with E-state index in [0.29, 0.717) is 17.7 Å². The molecule has 0 bridgehead atoms.